The summed E-state index contributed by atoms with van der Waals surface area (Å²) in [5.41, 5.74) is 0. The van der Waals surface area contributed by atoms with E-state index in [0.29, 0.717) is 0 Å². The Hall–Kier alpha value is -0.0800. The van der Waals surface area contributed by atoms with Gasteiger partial charge in [-0.1, -0.05) is 39.0 Å². The molecule has 1 rings (SSSR count). The largest absolute Gasteiger partial charge is 0.348 e. The minimum Gasteiger partial charge on any atom is -0.348 e. The highest BCUT2D eigenvalue weighted by Gasteiger charge is 2.29. The molecule has 1 aliphatic heterocycles. The molecule has 0 bridgehead atoms. The van der Waals surface area contributed by atoms with Crippen molar-refractivity contribution in [2.75, 3.05) is 13.2 Å². The van der Waals surface area contributed by atoms with E-state index in [2.05, 4.69) is 13.8 Å². The molecule has 2 nitrogen and oxygen atoms in total. The Bertz CT molecular complexity index is 139. The molecule has 0 spiro atoms. The molecule has 2 heteroatoms. The Balaban J connectivity index is 1.92. The second kappa shape index (κ2) is 6.41. The van der Waals surface area contributed by atoms with E-state index in [4.69, 9.17) is 9.47 Å². The van der Waals surface area contributed by atoms with Crippen LogP contribution < -0.4 is 0 Å². The molecule has 0 aromatic heterocycles. The highest BCUT2D eigenvalue weighted by atomic mass is 16.7. The van der Waals surface area contributed by atoms with Crippen LogP contribution >= 0.6 is 0 Å². The zero-order valence-corrected chi connectivity index (χ0v) is 9.68. The summed E-state index contributed by atoms with van der Waals surface area (Å²) in [7, 11) is 0. The van der Waals surface area contributed by atoms with Crippen molar-refractivity contribution in [3.63, 3.8) is 0 Å². The normalized spacial score (nSPS) is 20.1. The second-order valence-corrected chi connectivity index (χ2v) is 4.35. The molecule has 0 atom stereocenters. The molecule has 1 heterocycles. The van der Waals surface area contributed by atoms with Crippen LogP contribution in [-0.4, -0.2) is 19.0 Å². The average Bonchev–Trinajstić information content (AvgIpc) is 2.59. The van der Waals surface area contributed by atoms with Crippen LogP contribution in [0.15, 0.2) is 0 Å². The quantitative estimate of drug-likeness (QED) is 0.586. The summed E-state index contributed by atoms with van der Waals surface area (Å²) in [6, 6.07) is 0. The number of unbranched alkanes of at least 4 members (excludes halogenated alkanes) is 5. The van der Waals surface area contributed by atoms with Crippen LogP contribution in [0.2, 0.25) is 0 Å². The Kier molecular flexibility index (Phi) is 5.49. The summed E-state index contributed by atoms with van der Waals surface area (Å²) in [6.45, 7) is 5.85. The fraction of sp³-hybridized carbons (Fsp3) is 1.00. The third-order valence-electron chi connectivity index (χ3n) is 2.88. The van der Waals surface area contributed by atoms with Crippen LogP contribution in [0.5, 0.6) is 0 Å². The van der Waals surface area contributed by atoms with E-state index in [1.165, 1.54) is 38.5 Å². The summed E-state index contributed by atoms with van der Waals surface area (Å²) >= 11 is 0. The van der Waals surface area contributed by atoms with Gasteiger partial charge in [0.05, 0.1) is 13.2 Å². The van der Waals surface area contributed by atoms with Gasteiger partial charge in [0, 0.05) is 6.42 Å². The molecule has 0 amide bonds. The van der Waals surface area contributed by atoms with Crippen molar-refractivity contribution in [1.82, 2.24) is 0 Å². The fourth-order valence-electron chi connectivity index (χ4n) is 1.93. The zero-order valence-electron chi connectivity index (χ0n) is 9.68. The van der Waals surface area contributed by atoms with Crippen LogP contribution in [-0.2, 0) is 9.47 Å². The molecule has 0 unspecified atom stereocenters. The van der Waals surface area contributed by atoms with E-state index in [-0.39, 0.29) is 5.79 Å². The van der Waals surface area contributed by atoms with Crippen LogP contribution in [0, 0.1) is 0 Å². The third kappa shape index (κ3) is 4.43. The van der Waals surface area contributed by atoms with Crippen LogP contribution in [0.3, 0.4) is 0 Å². The first kappa shape index (κ1) is 12.0. The van der Waals surface area contributed by atoms with Gasteiger partial charge in [-0.2, -0.15) is 0 Å². The summed E-state index contributed by atoms with van der Waals surface area (Å²) in [4.78, 5) is 0. The lowest BCUT2D eigenvalue weighted by Crippen LogP contribution is -2.24. The second-order valence-electron chi connectivity index (χ2n) is 4.35. The molecule has 0 aliphatic carbocycles. The molecule has 0 aromatic rings. The van der Waals surface area contributed by atoms with Crippen molar-refractivity contribution in [1.29, 1.82) is 0 Å². The van der Waals surface area contributed by atoms with E-state index in [1.807, 2.05) is 0 Å². The lowest BCUT2D eigenvalue weighted by molar-refractivity contribution is -0.147. The Morgan fingerprint density at radius 2 is 1.50 bits per heavy atom. The highest BCUT2D eigenvalue weighted by Crippen LogP contribution is 2.25. The van der Waals surface area contributed by atoms with Crippen molar-refractivity contribution in [2.45, 2.75) is 64.6 Å². The van der Waals surface area contributed by atoms with Gasteiger partial charge in [0.1, 0.15) is 0 Å². The average molecular weight is 200 g/mol. The maximum atomic E-state index is 5.55. The van der Waals surface area contributed by atoms with Gasteiger partial charge in [0.25, 0.3) is 0 Å². The Morgan fingerprint density at radius 3 is 2.14 bits per heavy atom. The highest BCUT2D eigenvalue weighted by molar-refractivity contribution is 4.67. The minimum absolute atomic E-state index is 0.259. The van der Waals surface area contributed by atoms with Gasteiger partial charge in [-0.25, -0.2) is 0 Å². The number of hydrogen-bond acceptors (Lipinski definition) is 2. The van der Waals surface area contributed by atoms with Crippen LogP contribution in [0.4, 0.5) is 0 Å². The van der Waals surface area contributed by atoms with Crippen molar-refractivity contribution < 1.29 is 9.47 Å². The smallest absolute Gasteiger partial charge is 0.165 e. The monoisotopic (exact) mass is 200 g/mol. The molecule has 14 heavy (non-hydrogen) atoms. The predicted octanol–water partition coefficient (Wildman–Crippen LogP) is 3.50. The van der Waals surface area contributed by atoms with Gasteiger partial charge < -0.3 is 9.47 Å². The molecule has 84 valence electrons. The summed E-state index contributed by atoms with van der Waals surface area (Å²) in [5, 5.41) is 0. The van der Waals surface area contributed by atoms with Crippen molar-refractivity contribution in [2.24, 2.45) is 0 Å². The van der Waals surface area contributed by atoms with Gasteiger partial charge >= 0.3 is 0 Å². The van der Waals surface area contributed by atoms with Crippen molar-refractivity contribution >= 4 is 0 Å². The molecule has 0 aromatic carbocycles. The molecule has 0 N–H and O–H groups in total. The third-order valence-corrected chi connectivity index (χ3v) is 2.88. The Labute approximate surface area is 88.0 Å². The van der Waals surface area contributed by atoms with Crippen molar-refractivity contribution in [3.05, 3.63) is 0 Å². The lowest BCUT2D eigenvalue weighted by Gasteiger charge is -2.21. The lowest BCUT2D eigenvalue weighted by atomic mass is 10.1. The summed E-state index contributed by atoms with van der Waals surface area (Å²) < 4.78 is 11.1. The molecule has 1 fully saturated rings. The van der Waals surface area contributed by atoms with Gasteiger partial charge in [0.2, 0.25) is 0 Å². The van der Waals surface area contributed by atoms with Gasteiger partial charge in [-0.05, 0) is 13.3 Å². The van der Waals surface area contributed by atoms with Gasteiger partial charge in [-0.3, -0.25) is 0 Å². The first-order valence-electron chi connectivity index (χ1n) is 6.05. The van der Waals surface area contributed by atoms with Crippen LogP contribution in [0.25, 0.3) is 0 Å². The molecule has 1 saturated heterocycles. The molecule has 0 radical (unpaired) electrons. The summed E-state index contributed by atoms with van der Waals surface area (Å²) in [5.74, 6) is -0.259. The summed E-state index contributed by atoms with van der Waals surface area (Å²) in [6.07, 6.45) is 9.06. The predicted molar refractivity (Wildman–Crippen MR) is 58.3 cm³/mol. The number of hydrogen-bond donors (Lipinski definition) is 0. The Morgan fingerprint density at radius 1 is 0.929 bits per heavy atom. The topological polar surface area (TPSA) is 18.5 Å². The van der Waals surface area contributed by atoms with E-state index in [1.54, 1.807) is 0 Å². The van der Waals surface area contributed by atoms with Crippen molar-refractivity contribution in [3.8, 4) is 0 Å². The maximum absolute atomic E-state index is 5.55. The standard InChI is InChI=1S/C12H24O2/c1-3-4-5-6-7-8-9-12(2)13-10-11-14-12/h3-11H2,1-2H3. The van der Waals surface area contributed by atoms with E-state index in [0.717, 1.165) is 19.6 Å². The fourth-order valence-corrected chi connectivity index (χ4v) is 1.93. The van der Waals surface area contributed by atoms with Crippen LogP contribution in [0.1, 0.15) is 58.8 Å². The van der Waals surface area contributed by atoms with E-state index < -0.39 is 0 Å². The first-order valence-corrected chi connectivity index (χ1v) is 6.05. The first-order chi connectivity index (χ1) is 6.77. The zero-order chi connectivity index (χ0) is 10.3. The SMILES string of the molecule is CCCCCCCCC1(C)OCCO1. The minimum atomic E-state index is -0.259. The van der Waals surface area contributed by atoms with E-state index in [9.17, 15) is 0 Å². The number of rotatable bonds is 7. The molecular formula is C12H24O2. The maximum Gasteiger partial charge on any atom is 0.165 e. The molecular weight excluding hydrogens is 176 g/mol. The van der Waals surface area contributed by atoms with Gasteiger partial charge in [-0.15, -0.1) is 0 Å². The molecule has 1 aliphatic rings. The molecule has 0 saturated carbocycles. The number of ether oxygens (including phenoxy) is 2. The van der Waals surface area contributed by atoms with Gasteiger partial charge in [0.15, 0.2) is 5.79 Å². The van der Waals surface area contributed by atoms with E-state index >= 15 is 0 Å².